The molecule has 2 N–H and O–H groups in total. The van der Waals surface area contributed by atoms with Crippen LogP contribution in [0.3, 0.4) is 0 Å². The summed E-state index contributed by atoms with van der Waals surface area (Å²) in [5, 5.41) is 6.86. The maximum absolute atomic E-state index is 15.5. The van der Waals surface area contributed by atoms with E-state index in [-0.39, 0.29) is 36.5 Å². The molecule has 2 aliphatic heterocycles. The highest BCUT2D eigenvalue weighted by atomic mass is 32.1. The number of amides is 2. The van der Waals surface area contributed by atoms with Gasteiger partial charge in [-0.1, -0.05) is 14.4 Å². The molecule has 220 valence electrons. The molecule has 2 atom stereocenters. The fourth-order valence-electron chi connectivity index (χ4n) is 6.56. The van der Waals surface area contributed by atoms with Crippen LogP contribution in [-0.4, -0.2) is 50.9 Å². The molecule has 3 aliphatic rings. The van der Waals surface area contributed by atoms with Crippen LogP contribution in [0.5, 0.6) is 0 Å². The Morgan fingerprint density at radius 2 is 1.98 bits per heavy atom. The van der Waals surface area contributed by atoms with Crippen molar-refractivity contribution in [2.75, 3.05) is 24.5 Å². The number of anilines is 1. The Balaban J connectivity index is 0.00000316. The summed E-state index contributed by atoms with van der Waals surface area (Å²) in [4.78, 5) is 35.3. The summed E-state index contributed by atoms with van der Waals surface area (Å²) in [5.41, 5.74) is 10.0. The molecule has 1 saturated heterocycles. The molecule has 1 saturated carbocycles. The number of halogens is 1. The zero-order valence-electron chi connectivity index (χ0n) is 23.3. The van der Waals surface area contributed by atoms with Gasteiger partial charge in [-0.15, -0.1) is 11.3 Å². The van der Waals surface area contributed by atoms with E-state index in [2.05, 4.69) is 23.3 Å². The monoisotopic (exact) mass is 588 g/mol. The first-order valence-electron chi connectivity index (χ1n) is 14.3. The van der Waals surface area contributed by atoms with E-state index in [0.29, 0.717) is 48.0 Å². The number of benzene rings is 1. The first-order valence-corrected chi connectivity index (χ1v) is 15.2. The maximum Gasteiger partial charge on any atom is 0.273 e. The fraction of sp³-hybridized carbons (Fsp3) is 0.438. The van der Waals surface area contributed by atoms with Crippen molar-refractivity contribution >= 4 is 34.5 Å². The van der Waals surface area contributed by atoms with Crippen LogP contribution in [0.4, 0.5) is 10.1 Å². The highest BCUT2D eigenvalue weighted by Gasteiger charge is 2.36. The number of hydrogen-bond acceptors (Lipinski definition) is 6. The van der Waals surface area contributed by atoms with Gasteiger partial charge in [0.05, 0.1) is 11.7 Å². The molecule has 42 heavy (non-hydrogen) atoms. The Morgan fingerprint density at radius 1 is 1.17 bits per heavy atom. The molecular weight excluding hydrogens is 551 g/mol. The fourth-order valence-corrected chi connectivity index (χ4v) is 7.52. The molecule has 4 aromatic rings. The third-order valence-electron chi connectivity index (χ3n) is 8.96. The van der Waals surface area contributed by atoms with Gasteiger partial charge in [-0.2, -0.15) is 5.10 Å². The van der Waals surface area contributed by atoms with Gasteiger partial charge in [0.1, 0.15) is 11.5 Å². The second-order valence-corrected chi connectivity index (χ2v) is 13.2. The average Bonchev–Trinajstić information content (AvgIpc) is 3.31. The highest BCUT2D eigenvalue weighted by molar-refractivity contribution is 7.10. The predicted octanol–water partition coefficient (Wildman–Crippen LogP) is 5.96. The van der Waals surface area contributed by atoms with E-state index in [9.17, 15) is 9.59 Å². The SMILES string of the molecule is C.C[C@@H]1c2ccsc2CCN1C(=O)c1cc(C2CC2)n2nc(-c3ccc(N4CC[C@](C)(CC(N)=O)C4)cc3F)cc2n1. The number of thiophene rings is 1. The molecule has 5 heterocycles. The van der Waals surface area contributed by atoms with Crippen molar-refractivity contribution in [2.45, 2.75) is 65.3 Å². The van der Waals surface area contributed by atoms with Crippen LogP contribution in [0.25, 0.3) is 16.9 Å². The first kappa shape index (κ1) is 28.3. The topological polar surface area (TPSA) is 96.8 Å². The molecule has 8 nitrogen and oxygen atoms in total. The van der Waals surface area contributed by atoms with Gasteiger partial charge >= 0.3 is 0 Å². The van der Waals surface area contributed by atoms with E-state index in [1.807, 2.05) is 24.0 Å². The number of rotatable bonds is 6. The quantitative estimate of drug-likeness (QED) is 0.300. The minimum Gasteiger partial charge on any atom is -0.371 e. The molecule has 7 rings (SSSR count). The van der Waals surface area contributed by atoms with Crippen molar-refractivity contribution in [3.8, 4) is 11.3 Å². The van der Waals surface area contributed by atoms with Crippen molar-refractivity contribution in [3.63, 3.8) is 0 Å². The minimum absolute atomic E-state index is 0. The number of nitrogens with zero attached hydrogens (tertiary/aromatic N) is 5. The van der Waals surface area contributed by atoms with E-state index < -0.39 is 0 Å². The first-order chi connectivity index (χ1) is 19.7. The van der Waals surface area contributed by atoms with E-state index >= 15 is 4.39 Å². The molecule has 0 spiro atoms. The predicted molar refractivity (Wildman–Crippen MR) is 163 cm³/mol. The molecule has 2 fully saturated rings. The Hall–Kier alpha value is -3.79. The van der Waals surface area contributed by atoms with Crippen LogP contribution in [0, 0.1) is 11.2 Å². The average molecular weight is 589 g/mol. The smallest absolute Gasteiger partial charge is 0.273 e. The Labute approximate surface area is 249 Å². The number of fused-ring (bicyclic) bond motifs is 2. The minimum atomic E-state index is -0.368. The van der Waals surface area contributed by atoms with Crippen LogP contribution >= 0.6 is 11.3 Å². The molecule has 1 aromatic carbocycles. The lowest BCUT2D eigenvalue weighted by Crippen LogP contribution is -2.38. The van der Waals surface area contributed by atoms with Gasteiger partial charge in [-0.25, -0.2) is 13.9 Å². The summed E-state index contributed by atoms with van der Waals surface area (Å²) in [6, 6.07) is 11.0. The van der Waals surface area contributed by atoms with E-state index in [1.54, 1.807) is 28.0 Å². The summed E-state index contributed by atoms with van der Waals surface area (Å²) < 4.78 is 17.3. The van der Waals surface area contributed by atoms with Crippen LogP contribution in [0.15, 0.2) is 41.8 Å². The zero-order chi connectivity index (χ0) is 28.5. The van der Waals surface area contributed by atoms with Crippen LogP contribution in [-0.2, 0) is 11.2 Å². The van der Waals surface area contributed by atoms with Gasteiger partial charge in [0.15, 0.2) is 5.65 Å². The molecule has 0 radical (unpaired) electrons. The number of primary amides is 1. The van der Waals surface area contributed by atoms with Crippen molar-refractivity contribution in [1.29, 1.82) is 0 Å². The van der Waals surface area contributed by atoms with Gasteiger partial charge < -0.3 is 15.5 Å². The van der Waals surface area contributed by atoms with Crippen molar-refractivity contribution in [1.82, 2.24) is 19.5 Å². The number of nitrogens with two attached hydrogens (primary N) is 1. The third kappa shape index (κ3) is 4.95. The second-order valence-electron chi connectivity index (χ2n) is 12.2. The summed E-state index contributed by atoms with van der Waals surface area (Å²) in [6.07, 6.45) is 4.07. The van der Waals surface area contributed by atoms with Gasteiger partial charge in [0.2, 0.25) is 5.91 Å². The molecular formula is C32H37FN6O2S. The molecule has 1 aliphatic carbocycles. The molecule has 3 aromatic heterocycles. The van der Waals surface area contributed by atoms with E-state index in [4.69, 9.17) is 15.8 Å². The lowest BCUT2D eigenvalue weighted by atomic mass is 9.86. The highest BCUT2D eigenvalue weighted by Crippen LogP contribution is 2.42. The van der Waals surface area contributed by atoms with Crippen LogP contribution < -0.4 is 10.6 Å². The number of hydrogen-bond donors (Lipinski definition) is 1. The van der Waals surface area contributed by atoms with Gasteiger partial charge in [-0.3, -0.25) is 9.59 Å². The van der Waals surface area contributed by atoms with E-state index in [0.717, 1.165) is 43.6 Å². The summed E-state index contributed by atoms with van der Waals surface area (Å²) >= 11 is 1.75. The van der Waals surface area contributed by atoms with Crippen molar-refractivity contribution in [2.24, 2.45) is 11.1 Å². The molecule has 2 amide bonds. The summed E-state index contributed by atoms with van der Waals surface area (Å²) in [7, 11) is 0. The summed E-state index contributed by atoms with van der Waals surface area (Å²) in [5.74, 6) is -0.439. The van der Waals surface area contributed by atoms with Crippen molar-refractivity contribution < 1.29 is 14.0 Å². The Kier molecular flexibility index (Phi) is 7.07. The van der Waals surface area contributed by atoms with Gasteiger partial charge in [-0.05, 0) is 79.3 Å². The van der Waals surface area contributed by atoms with Gasteiger partial charge in [0.25, 0.3) is 5.91 Å². The standard InChI is InChI=1S/C31H33FN6O2S.CH4/c1-18-21-8-12-41-27(21)7-10-37(18)30(40)25-14-26(19-3-4-19)38-29(34-25)15-24(35-38)22-6-5-20(13-23(22)32)36-11-9-31(2,17-36)16-28(33)39;/h5-6,8,12-15,18-19H,3-4,7,9-11,16-17H2,1-2H3,(H2,33,39);1H4/t18-,31-;/m1./s1. The second kappa shape index (κ2) is 10.5. The molecule has 10 heteroatoms. The zero-order valence-corrected chi connectivity index (χ0v) is 24.1. The van der Waals surface area contributed by atoms with Crippen LogP contribution in [0.2, 0.25) is 0 Å². The number of carbonyl (C=O) groups excluding carboxylic acids is 2. The van der Waals surface area contributed by atoms with E-state index in [1.165, 1.54) is 16.5 Å². The van der Waals surface area contributed by atoms with Gasteiger partial charge in [0, 0.05) is 59.9 Å². The lowest BCUT2D eigenvalue weighted by Gasteiger charge is -2.33. The summed E-state index contributed by atoms with van der Waals surface area (Å²) in [6.45, 7) is 6.18. The third-order valence-corrected chi connectivity index (χ3v) is 9.96. The Bertz CT molecular complexity index is 1690. The maximum atomic E-state index is 15.5. The normalized spacial score (nSPS) is 21.8. The van der Waals surface area contributed by atoms with Crippen LogP contribution in [0.1, 0.15) is 85.5 Å². The van der Waals surface area contributed by atoms with Crippen molar-refractivity contribution in [3.05, 3.63) is 69.4 Å². The number of aromatic nitrogens is 3. The molecule has 0 unspecified atom stereocenters. The lowest BCUT2D eigenvalue weighted by molar-refractivity contribution is -0.119. The number of carbonyl (C=O) groups is 2. The Morgan fingerprint density at radius 3 is 2.71 bits per heavy atom. The molecule has 0 bridgehead atoms. The largest absolute Gasteiger partial charge is 0.371 e.